The van der Waals surface area contributed by atoms with Crippen LogP contribution in [0.4, 0.5) is 19.0 Å². The van der Waals surface area contributed by atoms with E-state index in [9.17, 15) is 27.6 Å². The summed E-state index contributed by atoms with van der Waals surface area (Å²) < 4.78 is 39.9. The van der Waals surface area contributed by atoms with Gasteiger partial charge in [0.2, 0.25) is 0 Å². The van der Waals surface area contributed by atoms with Gasteiger partial charge >= 0.3 is 11.9 Å². The molecule has 4 aromatic heterocycles. The fraction of sp³-hybridized carbons (Fsp3) is 0.240. The average molecular weight is 545 g/mol. The fourth-order valence-corrected chi connectivity index (χ4v) is 5.23. The zero-order valence-corrected chi connectivity index (χ0v) is 21.1. The van der Waals surface area contributed by atoms with E-state index < -0.39 is 30.2 Å². The van der Waals surface area contributed by atoms with Crippen LogP contribution in [-0.4, -0.2) is 44.1 Å². The number of aryl methyl sites for hydroxylation is 1. The van der Waals surface area contributed by atoms with Crippen LogP contribution < -0.4 is 16.3 Å². The van der Waals surface area contributed by atoms with E-state index in [1.807, 2.05) is 25.3 Å². The maximum atomic E-state index is 13.1. The first-order valence-electron chi connectivity index (χ1n) is 11.8. The highest BCUT2D eigenvalue weighted by Crippen LogP contribution is 2.33. The number of halogens is 3. The maximum absolute atomic E-state index is 13.1. The number of carbonyl (C=O) groups is 2. The molecule has 0 bridgehead atoms. The predicted octanol–water partition coefficient (Wildman–Crippen LogP) is 4.99. The Morgan fingerprint density at radius 3 is 2.53 bits per heavy atom. The van der Waals surface area contributed by atoms with E-state index in [1.165, 1.54) is 23.5 Å². The molecular weight excluding hydrogens is 521 g/mol. The van der Waals surface area contributed by atoms with Gasteiger partial charge in [-0.2, -0.15) is 13.2 Å². The third kappa shape index (κ3) is 4.72. The van der Waals surface area contributed by atoms with Gasteiger partial charge in [0.1, 0.15) is 12.4 Å². The van der Waals surface area contributed by atoms with Gasteiger partial charge in [0.05, 0.1) is 27.0 Å². The molecule has 0 spiro atoms. The first kappa shape index (κ1) is 25.4. The molecule has 0 unspecified atom stereocenters. The lowest BCUT2D eigenvalue weighted by atomic mass is 10.1. The second kappa shape index (κ2) is 9.56. The number of H-pyrrole nitrogens is 3. The molecular formula is C25H23F3N6O3S. The van der Waals surface area contributed by atoms with Crippen molar-refractivity contribution in [3.05, 3.63) is 63.1 Å². The van der Waals surface area contributed by atoms with Crippen LogP contribution in [-0.2, 0) is 13.0 Å². The molecule has 4 heterocycles. The molecule has 38 heavy (non-hydrogen) atoms. The summed E-state index contributed by atoms with van der Waals surface area (Å²) in [7, 11) is 0. The van der Waals surface area contributed by atoms with Gasteiger partial charge in [-0.05, 0) is 43.7 Å². The van der Waals surface area contributed by atoms with Gasteiger partial charge in [0.15, 0.2) is 0 Å². The first-order valence-corrected chi connectivity index (χ1v) is 12.6. The van der Waals surface area contributed by atoms with Crippen molar-refractivity contribution >= 4 is 50.9 Å². The molecule has 9 nitrogen and oxygen atoms in total. The summed E-state index contributed by atoms with van der Waals surface area (Å²) in [5.74, 6) is -0.887. The summed E-state index contributed by atoms with van der Waals surface area (Å²) in [5.41, 5.74) is 1.68. The van der Waals surface area contributed by atoms with E-state index in [1.54, 1.807) is 13.0 Å². The van der Waals surface area contributed by atoms with E-state index in [4.69, 9.17) is 0 Å². The average Bonchev–Trinajstić information content (AvgIpc) is 3.62. The molecule has 198 valence electrons. The maximum Gasteiger partial charge on any atom is 0.406 e. The Labute approximate surface area is 217 Å². The Bertz CT molecular complexity index is 1740. The van der Waals surface area contributed by atoms with E-state index >= 15 is 0 Å². The van der Waals surface area contributed by atoms with Crippen molar-refractivity contribution in [1.29, 1.82) is 0 Å². The normalized spacial score (nSPS) is 11.9. The topological polar surface area (TPSA) is 128 Å². The summed E-state index contributed by atoms with van der Waals surface area (Å²) in [6.45, 7) is 2.55. The van der Waals surface area contributed by atoms with E-state index in [0.717, 1.165) is 22.6 Å². The third-order valence-electron chi connectivity index (χ3n) is 6.07. The minimum Gasteiger partial charge on any atom is -0.364 e. The van der Waals surface area contributed by atoms with Crippen LogP contribution in [0.25, 0.3) is 32.4 Å². The number of amides is 2. The van der Waals surface area contributed by atoms with E-state index in [0.29, 0.717) is 15.0 Å². The van der Waals surface area contributed by atoms with Gasteiger partial charge in [-0.1, -0.05) is 6.92 Å². The van der Waals surface area contributed by atoms with Crippen molar-refractivity contribution in [3.63, 3.8) is 0 Å². The van der Waals surface area contributed by atoms with Gasteiger partial charge < -0.3 is 25.6 Å². The number of carbonyl (C=O) groups excluding carboxylic acids is 2. The standard InChI is InChI=1S/C25H23F3N6O3S/c1-3-13-7-12(10-30-13)18-5-6-19(38-18)22(35)33-21-20(23(36)29-4-2)14-8-17-16(9-15(14)31-21)32-24(37)34(17)11-25(26,27)28/h5-10,30-31H,3-4,11H2,1-2H3,(H,29,36)(H,32,37)(H,33,35). The molecule has 0 radical (unpaired) electrons. The van der Waals surface area contributed by atoms with Crippen molar-refractivity contribution in [2.24, 2.45) is 0 Å². The van der Waals surface area contributed by atoms with Crippen molar-refractivity contribution in [3.8, 4) is 10.4 Å². The Hall–Kier alpha value is -4.26. The number of rotatable bonds is 7. The Kier molecular flexibility index (Phi) is 6.39. The fourth-order valence-electron chi connectivity index (χ4n) is 4.34. The van der Waals surface area contributed by atoms with Crippen LogP contribution in [0.15, 0.2) is 41.3 Å². The van der Waals surface area contributed by atoms with Gasteiger partial charge in [-0.15, -0.1) is 11.3 Å². The van der Waals surface area contributed by atoms with Crippen LogP contribution in [0.5, 0.6) is 0 Å². The summed E-state index contributed by atoms with van der Waals surface area (Å²) in [6, 6.07) is 8.31. The lowest BCUT2D eigenvalue weighted by Gasteiger charge is -2.08. The monoisotopic (exact) mass is 544 g/mol. The number of nitrogens with zero attached hydrogens (tertiary/aromatic N) is 1. The Balaban J connectivity index is 1.54. The van der Waals surface area contributed by atoms with Gasteiger partial charge in [0.25, 0.3) is 11.8 Å². The zero-order valence-electron chi connectivity index (χ0n) is 20.3. The van der Waals surface area contributed by atoms with Gasteiger partial charge in [-0.3, -0.25) is 14.2 Å². The highest BCUT2D eigenvalue weighted by Gasteiger charge is 2.30. The quantitative estimate of drug-likeness (QED) is 0.198. The third-order valence-corrected chi connectivity index (χ3v) is 7.20. The van der Waals surface area contributed by atoms with Gasteiger partial charge in [-0.25, -0.2) is 4.79 Å². The molecule has 5 aromatic rings. The van der Waals surface area contributed by atoms with Crippen molar-refractivity contribution in [2.45, 2.75) is 33.0 Å². The molecule has 0 saturated carbocycles. The van der Waals surface area contributed by atoms with Crippen LogP contribution in [0.3, 0.4) is 0 Å². The molecule has 0 fully saturated rings. The number of imidazole rings is 1. The van der Waals surface area contributed by atoms with Gasteiger partial charge in [0, 0.05) is 34.3 Å². The number of aromatic nitrogens is 4. The second-order valence-corrected chi connectivity index (χ2v) is 9.75. The molecule has 0 aliphatic rings. The number of hydrogen-bond donors (Lipinski definition) is 5. The molecule has 5 rings (SSSR count). The summed E-state index contributed by atoms with van der Waals surface area (Å²) in [4.78, 5) is 48.2. The predicted molar refractivity (Wildman–Crippen MR) is 140 cm³/mol. The minimum atomic E-state index is -4.62. The SMILES string of the molecule is CCNC(=O)c1c(NC(=O)c2ccc(-c3c[nH]c(CC)c3)s2)[nH]c2cc3[nH]c(=O)n(CC(F)(F)F)c3cc12. The number of nitrogens with one attached hydrogen (secondary N) is 5. The number of thiophene rings is 1. The highest BCUT2D eigenvalue weighted by atomic mass is 32.1. The van der Waals surface area contributed by atoms with Crippen LogP contribution in [0.1, 0.15) is 39.6 Å². The molecule has 5 N–H and O–H groups in total. The van der Waals surface area contributed by atoms with Crippen molar-refractivity contribution < 1.29 is 22.8 Å². The summed E-state index contributed by atoms with van der Waals surface area (Å²) >= 11 is 1.28. The number of anilines is 1. The molecule has 1 aromatic carbocycles. The Morgan fingerprint density at radius 2 is 1.84 bits per heavy atom. The number of fused-ring (bicyclic) bond motifs is 2. The zero-order chi connectivity index (χ0) is 27.2. The van der Waals surface area contributed by atoms with E-state index in [2.05, 4.69) is 25.6 Å². The van der Waals surface area contributed by atoms with Crippen molar-refractivity contribution in [2.75, 3.05) is 11.9 Å². The highest BCUT2D eigenvalue weighted by molar-refractivity contribution is 7.17. The van der Waals surface area contributed by atoms with Crippen LogP contribution in [0.2, 0.25) is 0 Å². The second-order valence-electron chi connectivity index (χ2n) is 8.67. The first-order chi connectivity index (χ1) is 18.1. The van der Waals surface area contributed by atoms with E-state index in [-0.39, 0.29) is 34.3 Å². The number of hydrogen-bond acceptors (Lipinski definition) is 4. The summed E-state index contributed by atoms with van der Waals surface area (Å²) in [5, 5.41) is 5.67. The lowest BCUT2D eigenvalue weighted by Crippen LogP contribution is -2.26. The molecule has 2 amide bonds. The number of aromatic amines is 3. The lowest BCUT2D eigenvalue weighted by molar-refractivity contribution is -0.140. The number of benzene rings is 1. The molecule has 0 saturated heterocycles. The largest absolute Gasteiger partial charge is 0.406 e. The molecule has 0 aliphatic carbocycles. The molecule has 0 aliphatic heterocycles. The molecule has 0 atom stereocenters. The van der Waals surface area contributed by atoms with Crippen LogP contribution in [0, 0.1) is 0 Å². The number of alkyl halides is 3. The molecule has 13 heteroatoms. The summed E-state index contributed by atoms with van der Waals surface area (Å²) in [6.07, 6.45) is -1.90. The van der Waals surface area contributed by atoms with Crippen molar-refractivity contribution in [1.82, 2.24) is 24.8 Å². The minimum absolute atomic E-state index is 0.0110. The Morgan fingerprint density at radius 1 is 1.05 bits per heavy atom. The smallest absolute Gasteiger partial charge is 0.364 e. The van der Waals surface area contributed by atoms with Crippen LogP contribution >= 0.6 is 11.3 Å².